The number of amides is 1. The van der Waals surface area contributed by atoms with Crippen molar-refractivity contribution in [2.75, 3.05) is 0 Å². The largest absolute Gasteiger partial charge is 0.477 e. The van der Waals surface area contributed by atoms with Crippen molar-refractivity contribution in [3.05, 3.63) is 53.2 Å². The number of aromatic nitrogens is 1. The molecule has 0 saturated carbocycles. The van der Waals surface area contributed by atoms with Crippen molar-refractivity contribution in [1.82, 2.24) is 10.3 Å². The Kier molecular flexibility index (Phi) is 3.61. The molecule has 0 aromatic carbocycles. The van der Waals surface area contributed by atoms with E-state index in [0.717, 1.165) is 5.56 Å². The van der Waals surface area contributed by atoms with E-state index in [0.29, 0.717) is 11.3 Å². The zero-order valence-electron chi connectivity index (χ0n) is 10.2. The number of nitrogens with zero attached hydrogens (tertiary/aromatic N) is 1. The Morgan fingerprint density at radius 1 is 1.37 bits per heavy atom. The van der Waals surface area contributed by atoms with Gasteiger partial charge in [0.25, 0.3) is 5.91 Å². The second-order valence-electron chi connectivity index (χ2n) is 3.93. The summed E-state index contributed by atoms with van der Waals surface area (Å²) in [4.78, 5) is 26.2. The Hall–Kier alpha value is -2.63. The van der Waals surface area contributed by atoms with Crippen LogP contribution in [0.25, 0.3) is 0 Å². The second-order valence-corrected chi connectivity index (χ2v) is 3.93. The van der Waals surface area contributed by atoms with E-state index in [2.05, 4.69) is 10.3 Å². The number of carboxylic acids is 1. The fourth-order valence-corrected chi connectivity index (χ4v) is 1.55. The van der Waals surface area contributed by atoms with Crippen molar-refractivity contribution < 1.29 is 19.1 Å². The Labute approximate surface area is 109 Å². The van der Waals surface area contributed by atoms with Gasteiger partial charge in [0.05, 0.1) is 11.8 Å². The van der Waals surface area contributed by atoms with Crippen LogP contribution >= 0.6 is 0 Å². The van der Waals surface area contributed by atoms with E-state index in [1.807, 2.05) is 0 Å². The first-order valence-electron chi connectivity index (χ1n) is 5.58. The van der Waals surface area contributed by atoms with Crippen LogP contribution in [0.4, 0.5) is 0 Å². The van der Waals surface area contributed by atoms with Crippen LogP contribution in [-0.2, 0) is 6.54 Å². The minimum atomic E-state index is -1.08. The number of nitrogens with one attached hydrogen (secondary N) is 1. The number of rotatable bonds is 4. The highest BCUT2D eigenvalue weighted by Gasteiger charge is 2.11. The van der Waals surface area contributed by atoms with Crippen molar-refractivity contribution in [3.8, 4) is 0 Å². The van der Waals surface area contributed by atoms with Gasteiger partial charge >= 0.3 is 5.97 Å². The SMILES string of the molecule is Cc1occc1C(=O)NCc1ccc(C(=O)O)nc1. The Balaban J connectivity index is 1.97. The summed E-state index contributed by atoms with van der Waals surface area (Å²) < 4.78 is 5.04. The predicted octanol–water partition coefficient (Wildman–Crippen LogP) is 1.61. The fraction of sp³-hybridized carbons (Fsp3) is 0.154. The number of carbonyl (C=O) groups is 2. The van der Waals surface area contributed by atoms with Gasteiger partial charge in [-0.2, -0.15) is 0 Å². The van der Waals surface area contributed by atoms with E-state index in [-0.39, 0.29) is 18.1 Å². The molecular formula is C13H12N2O4. The fourth-order valence-electron chi connectivity index (χ4n) is 1.55. The number of pyridine rings is 1. The number of carbonyl (C=O) groups excluding carboxylic acids is 1. The van der Waals surface area contributed by atoms with Gasteiger partial charge in [-0.15, -0.1) is 0 Å². The number of hydrogen-bond acceptors (Lipinski definition) is 4. The smallest absolute Gasteiger partial charge is 0.354 e. The molecule has 0 aliphatic heterocycles. The van der Waals surface area contributed by atoms with Gasteiger partial charge in [-0.3, -0.25) is 4.79 Å². The molecule has 0 fully saturated rings. The summed E-state index contributed by atoms with van der Waals surface area (Å²) in [6.45, 7) is 1.98. The van der Waals surface area contributed by atoms with Crippen LogP contribution in [0.15, 0.2) is 35.1 Å². The molecule has 0 atom stereocenters. The van der Waals surface area contributed by atoms with Gasteiger partial charge in [0, 0.05) is 12.7 Å². The molecule has 0 radical (unpaired) electrons. The van der Waals surface area contributed by atoms with Crippen molar-refractivity contribution in [2.24, 2.45) is 0 Å². The first kappa shape index (κ1) is 12.8. The summed E-state index contributed by atoms with van der Waals surface area (Å²) in [6.07, 6.45) is 2.87. The van der Waals surface area contributed by atoms with E-state index in [4.69, 9.17) is 9.52 Å². The number of aryl methyl sites for hydroxylation is 1. The highest BCUT2D eigenvalue weighted by atomic mass is 16.4. The molecule has 0 aliphatic carbocycles. The molecule has 0 saturated heterocycles. The van der Waals surface area contributed by atoms with Crippen LogP contribution in [0.5, 0.6) is 0 Å². The second kappa shape index (κ2) is 5.34. The summed E-state index contributed by atoms with van der Waals surface area (Å²) in [5.41, 5.74) is 1.18. The van der Waals surface area contributed by atoms with Gasteiger partial charge < -0.3 is 14.8 Å². The molecule has 0 aliphatic rings. The van der Waals surface area contributed by atoms with Gasteiger partial charge in [-0.05, 0) is 24.6 Å². The summed E-state index contributed by atoms with van der Waals surface area (Å²) >= 11 is 0. The first-order valence-corrected chi connectivity index (χ1v) is 5.58. The van der Waals surface area contributed by atoms with Crippen molar-refractivity contribution in [3.63, 3.8) is 0 Å². The quantitative estimate of drug-likeness (QED) is 0.871. The molecule has 2 aromatic rings. The topological polar surface area (TPSA) is 92.4 Å². The Morgan fingerprint density at radius 3 is 2.68 bits per heavy atom. The lowest BCUT2D eigenvalue weighted by Crippen LogP contribution is -2.23. The van der Waals surface area contributed by atoms with Crippen LogP contribution in [0.2, 0.25) is 0 Å². The van der Waals surface area contributed by atoms with Crippen molar-refractivity contribution in [2.45, 2.75) is 13.5 Å². The lowest BCUT2D eigenvalue weighted by Gasteiger charge is -2.04. The molecular weight excluding hydrogens is 248 g/mol. The zero-order valence-corrected chi connectivity index (χ0v) is 10.2. The predicted molar refractivity (Wildman–Crippen MR) is 65.8 cm³/mol. The van der Waals surface area contributed by atoms with Gasteiger partial charge in [0.15, 0.2) is 0 Å². The number of furan rings is 1. The number of hydrogen-bond donors (Lipinski definition) is 2. The van der Waals surface area contributed by atoms with Gasteiger partial charge in [-0.25, -0.2) is 9.78 Å². The van der Waals surface area contributed by atoms with Crippen LogP contribution in [0, 0.1) is 6.92 Å². The van der Waals surface area contributed by atoms with Crippen LogP contribution in [0.1, 0.15) is 32.2 Å². The average Bonchev–Trinajstić information content (AvgIpc) is 2.83. The summed E-state index contributed by atoms with van der Waals surface area (Å²) in [5.74, 6) is -0.769. The third-order valence-corrected chi connectivity index (χ3v) is 2.60. The summed E-state index contributed by atoms with van der Waals surface area (Å²) in [7, 11) is 0. The minimum absolute atomic E-state index is 0.0271. The highest BCUT2D eigenvalue weighted by molar-refractivity contribution is 5.95. The van der Waals surface area contributed by atoms with Gasteiger partial charge in [0.1, 0.15) is 11.5 Å². The normalized spacial score (nSPS) is 10.2. The molecule has 2 aromatic heterocycles. The van der Waals surface area contributed by atoms with Crippen LogP contribution < -0.4 is 5.32 Å². The molecule has 19 heavy (non-hydrogen) atoms. The highest BCUT2D eigenvalue weighted by Crippen LogP contribution is 2.08. The maximum Gasteiger partial charge on any atom is 0.354 e. The molecule has 6 nitrogen and oxygen atoms in total. The Bertz CT molecular complexity index is 601. The molecule has 0 spiro atoms. The number of aromatic carboxylic acids is 1. The molecule has 2 heterocycles. The standard InChI is InChI=1S/C13H12N2O4/c1-8-10(4-5-19-8)12(16)15-7-9-2-3-11(13(17)18)14-6-9/h2-6H,7H2,1H3,(H,15,16)(H,17,18). The van der Waals surface area contributed by atoms with E-state index >= 15 is 0 Å². The first-order chi connectivity index (χ1) is 9.08. The minimum Gasteiger partial charge on any atom is -0.477 e. The van der Waals surface area contributed by atoms with Crippen LogP contribution in [0.3, 0.4) is 0 Å². The third kappa shape index (κ3) is 2.98. The Morgan fingerprint density at radius 2 is 2.16 bits per heavy atom. The molecule has 6 heteroatoms. The molecule has 2 N–H and O–H groups in total. The molecule has 1 amide bonds. The maximum absolute atomic E-state index is 11.8. The monoisotopic (exact) mass is 260 g/mol. The van der Waals surface area contributed by atoms with E-state index < -0.39 is 5.97 Å². The third-order valence-electron chi connectivity index (χ3n) is 2.60. The van der Waals surface area contributed by atoms with Gasteiger partial charge in [0.2, 0.25) is 0 Å². The van der Waals surface area contributed by atoms with Crippen molar-refractivity contribution >= 4 is 11.9 Å². The van der Waals surface area contributed by atoms with E-state index in [9.17, 15) is 9.59 Å². The molecule has 98 valence electrons. The summed E-state index contributed by atoms with van der Waals surface area (Å²) in [5, 5.41) is 11.4. The van der Waals surface area contributed by atoms with E-state index in [1.54, 1.807) is 19.1 Å². The summed E-state index contributed by atoms with van der Waals surface area (Å²) in [6, 6.07) is 4.60. The number of carboxylic acid groups (broad SMARTS) is 1. The average molecular weight is 260 g/mol. The molecule has 0 bridgehead atoms. The van der Waals surface area contributed by atoms with Gasteiger partial charge in [-0.1, -0.05) is 6.07 Å². The van der Waals surface area contributed by atoms with Crippen molar-refractivity contribution in [1.29, 1.82) is 0 Å². The zero-order chi connectivity index (χ0) is 13.8. The lowest BCUT2D eigenvalue weighted by molar-refractivity contribution is 0.0690. The maximum atomic E-state index is 11.8. The van der Waals surface area contributed by atoms with E-state index in [1.165, 1.54) is 18.5 Å². The molecule has 2 rings (SSSR count). The lowest BCUT2D eigenvalue weighted by atomic mass is 10.2. The van der Waals surface area contributed by atoms with Crippen LogP contribution in [-0.4, -0.2) is 22.0 Å². The molecule has 0 unspecified atom stereocenters.